The molecule has 2 aromatic rings. The first kappa shape index (κ1) is 28.4. The van der Waals surface area contributed by atoms with Crippen molar-refractivity contribution in [2.45, 2.75) is 83.2 Å². The van der Waals surface area contributed by atoms with Crippen molar-refractivity contribution < 1.29 is 24.2 Å². The number of nitrogens with one attached hydrogen (secondary N) is 2. The SMILES string of the molecule is CC(=O)N[C@@H](CS)C(=O)O.O=C1CCc2cc(OCCCCc3nnnn3C3CCCCC3)ccc2N1. The Hall–Kier alpha value is -3.15. The normalized spacial score (nSPS) is 16.0. The lowest BCUT2D eigenvalue weighted by molar-refractivity contribution is -0.140. The molecule has 1 atom stereocenters. The standard InChI is InChI=1S/C20H27N5O2.C5H9NO3S/c26-20-12-9-15-14-17(10-11-18(15)21-20)27-13-5-4-8-19-22-23-24-25(19)16-6-2-1-3-7-16;1-3(7)6-4(2-10)5(8)9/h10-11,14,16H,1-9,12-13H2,(H,21,26);4,10H,2H2,1H3,(H,6,7)(H,8,9)/t;4-/m.0/s1. The molecule has 0 saturated heterocycles. The Labute approximate surface area is 222 Å². The summed E-state index contributed by atoms with van der Waals surface area (Å²) in [6.07, 6.45) is 10.5. The van der Waals surface area contributed by atoms with Crippen LogP contribution in [-0.2, 0) is 27.2 Å². The average Bonchev–Trinajstić information content (AvgIpc) is 3.36. The maximum Gasteiger partial charge on any atom is 0.327 e. The fourth-order valence-corrected chi connectivity index (χ4v) is 4.69. The van der Waals surface area contributed by atoms with E-state index in [-0.39, 0.29) is 17.6 Å². The number of carbonyl (C=O) groups excluding carboxylic acids is 2. The molecule has 2 amide bonds. The van der Waals surface area contributed by atoms with E-state index < -0.39 is 12.0 Å². The number of carboxylic acids is 1. The summed E-state index contributed by atoms with van der Waals surface area (Å²) in [6, 6.07) is 5.50. The molecule has 0 bridgehead atoms. The van der Waals surface area contributed by atoms with Crippen molar-refractivity contribution in [3.63, 3.8) is 0 Å². The van der Waals surface area contributed by atoms with Crippen molar-refractivity contribution in [3.05, 3.63) is 29.6 Å². The molecule has 1 aromatic carbocycles. The predicted octanol–water partition coefficient (Wildman–Crippen LogP) is 2.97. The number of carbonyl (C=O) groups is 3. The number of aryl methyl sites for hydroxylation is 2. The van der Waals surface area contributed by atoms with Gasteiger partial charge in [0.1, 0.15) is 11.8 Å². The number of hydrogen-bond donors (Lipinski definition) is 4. The third-order valence-corrected chi connectivity index (χ3v) is 6.74. The molecule has 11 nitrogen and oxygen atoms in total. The Morgan fingerprint density at radius 2 is 2.03 bits per heavy atom. The van der Waals surface area contributed by atoms with Gasteiger partial charge < -0.3 is 20.5 Å². The van der Waals surface area contributed by atoms with E-state index >= 15 is 0 Å². The highest BCUT2D eigenvalue weighted by Gasteiger charge is 2.20. The number of aliphatic carboxylic acids is 1. The van der Waals surface area contributed by atoms with E-state index in [0.29, 0.717) is 19.1 Å². The fourth-order valence-electron chi connectivity index (χ4n) is 4.44. The summed E-state index contributed by atoms with van der Waals surface area (Å²) < 4.78 is 7.95. The Morgan fingerprint density at radius 3 is 2.70 bits per heavy atom. The molecule has 0 spiro atoms. The van der Waals surface area contributed by atoms with Gasteiger partial charge in [-0.2, -0.15) is 12.6 Å². The number of unbranched alkanes of at least 4 members (excludes halogenated alkanes) is 1. The number of amides is 2. The maximum absolute atomic E-state index is 11.4. The minimum atomic E-state index is -1.06. The summed E-state index contributed by atoms with van der Waals surface area (Å²) in [5, 5.41) is 25.8. The molecule has 1 aliphatic carbocycles. The maximum atomic E-state index is 11.4. The molecular weight excluding hydrogens is 496 g/mol. The number of anilines is 1. The summed E-state index contributed by atoms with van der Waals surface area (Å²) in [5.74, 6) is 0.649. The lowest BCUT2D eigenvalue weighted by Crippen LogP contribution is -2.40. The van der Waals surface area contributed by atoms with Crippen molar-refractivity contribution in [2.24, 2.45) is 0 Å². The minimum absolute atomic E-state index is 0.0896. The van der Waals surface area contributed by atoms with Crippen LogP contribution in [0.3, 0.4) is 0 Å². The Balaban J connectivity index is 0.000000325. The smallest absolute Gasteiger partial charge is 0.327 e. The van der Waals surface area contributed by atoms with Gasteiger partial charge in [0.25, 0.3) is 0 Å². The fraction of sp³-hybridized carbons (Fsp3) is 0.600. The number of thiol groups is 1. The van der Waals surface area contributed by atoms with Crippen molar-refractivity contribution in [2.75, 3.05) is 17.7 Å². The first-order valence-corrected chi connectivity index (χ1v) is 13.4. The molecule has 2 heterocycles. The monoisotopic (exact) mass is 532 g/mol. The van der Waals surface area contributed by atoms with Gasteiger partial charge in [-0.25, -0.2) is 9.48 Å². The molecule has 202 valence electrons. The van der Waals surface area contributed by atoms with Crippen molar-refractivity contribution in [1.82, 2.24) is 25.5 Å². The van der Waals surface area contributed by atoms with Crippen LogP contribution in [0.15, 0.2) is 18.2 Å². The van der Waals surface area contributed by atoms with E-state index in [1.54, 1.807) is 0 Å². The van der Waals surface area contributed by atoms with E-state index in [4.69, 9.17) is 9.84 Å². The summed E-state index contributed by atoms with van der Waals surface area (Å²) in [6.45, 7) is 1.94. The van der Waals surface area contributed by atoms with Crippen LogP contribution in [0.2, 0.25) is 0 Å². The van der Waals surface area contributed by atoms with Gasteiger partial charge in [-0.1, -0.05) is 19.3 Å². The molecule has 3 N–H and O–H groups in total. The molecule has 0 radical (unpaired) electrons. The van der Waals surface area contributed by atoms with Crippen LogP contribution in [-0.4, -0.2) is 61.5 Å². The molecule has 12 heteroatoms. The van der Waals surface area contributed by atoms with E-state index in [1.165, 1.54) is 39.0 Å². The molecule has 37 heavy (non-hydrogen) atoms. The lowest BCUT2D eigenvalue weighted by Gasteiger charge is -2.22. The predicted molar refractivity (Wildman–Crippen MR) is 141 cm³/mol. The second-order valence-corrected chi connectivity index (χ2v) is 9.64. The number of ether oxygens (including phenoxy) is 1. The van der Waals surface area contributed by atoms with Crippen LogP contribution in [0.4, 0.5) is 5.69 Å². The Bertz CT molecular complexity index is 1060. The van der Waals surface area contributed by atoms with Gasteiger partial charge in [0.05, 0.1) is 12.6 Å². The summed E-state index contributed by atoms with van der Waals surface area (Å²) >= 11 is 3.73. The van der Waals surface area contributed by atoms with Crippen LogP contribution in [0.5, 0.6) is 5.75 Å². The molecule has 1 aromatic heterocycles. The van der Waals surface area contributed by atoms with Crippen molar-refractivity contribution in [1.29, 1.82) is 0 Å². The number of tetrazole rings is 1. The van der Waals surface area contributed by atoms with Crippen LogP contribution >= 0.6 is 12.6 Å². The number of aromatic nitrogens is 4. The highest BCUT2D eigenvalue weighted by atomic mass is 32.1. The number of benzene rings is 1. The molecule has 1 aliphatic heterocycles. The number of fused-ring (bicyclic) bond motifs is 1. The van der Waals surface area contributed by atoms with Crippen molar-refractivity contribution in [3.8, 4) is 5.75 Å². The van der Waals surface area contributed by atoms with Gasteiger partial charge in [0.2, 0.25) is 11.8 Å². The third kappa shape index (κ3) is 9.03. The second kappa shape index (κ2) is 14.6. The number of carboxylic acid groups (broad SMARTS) is 1. The summed E-state index contributed by atoms with van der Waals surface area (Å²) in [4.78, 5) is 31.9. The third-order valence-electron chi connectivity index (χ3n) is 6.38. The van der Waals surface area contributed by atoms with E-state index in [1.807, 2.05) is 18.2 Å². The van der Waals surface area contributed by atoms with Crippen LogP contribution in [0, 0.1) is 0 Å². The highest BCUT2D eigenvalue weighted by Crippen LogP contribution is 2.28. The van der Waals surface area contributed by atoms with E-state index in [2.05, 4.69) is 43.5 Å². The second-order valence-electron chi connectivity index (χ2n) is 9.28. The molecule has 1 saturated carbocycles. The number of hydrogen-bond acceptors (Lipinski definition) is 8. The summed E-state index contributed by atoms with van der Waals surface area (Å²) in [7, 11) is 0. The number of nitrogens with zero attached hydrogens (tertiary/aromatic N) is 4. The molecule has 1 fully saturated rings. The topological polar surface area (TPSA) is 148 Å². The Kier molecular flexibility index (Phi) is 11.2. The van der Waals surface area contributed by atoms with Gasteiger partial charge in [-0.3, -0.25) is 9.59 Å². The van der Waals surface area contributed by atoms with Gasteiger partial charge in [-0.05, 0) is 66.3 Å². The summed E-state index contributed by atoms with van der Waals surface area (Å²) in [5.41, 5.74) is 2.06. The lowest BCUT2D eigenvalue weighted by atomic mass is 9.95. The van der Waals surface area contributed by atoms with E-state index in [9.17, 15) is 14.4 Å². The van der Waals surface area contributed by atoms with E-state index in [0.717, 1.165) is 48.5 Å². The molecule has 2 aliphatic rings. The van der Waals surface area contributed by atoms with Crippen LogP contribution in [0.25, 0.3) is 0 Å². The molecular formula is C25H36N6O5S. The van der Waals surface area contributed by atoms with Gasteiger partial charge in [-0.15, -0.1) is 5.10 Å². The zero-order chi connectivity index (χ0) is 26.6. The first-order chi connectivity index (χ1) is 17.9. The quantitative estimate of drug-likeness (QED) is 0.270. The molecule has 0 unspecified atom stereocenters. The zero-order valence-electron chi connectivity index (χ0n) is 21.2. The molecule has 4 rings (SSSR count). The Morgan fingerprint density at radius 1 is 1.24 bits per heavy atom. The number of rotatable bonds is 10. The van der Waals surface area contributed by atoms with Crippen LogP contribution in [0.1, 0.15) is 75.7 Å². The van der Waals surface area contributed by atoms with Gasteiger partial charge in [0, 0.05) is 31.2 Å². The zero-order valence-corrected chi connectivity index (χ0v) is 22.1. The largest absolute Gasteiger partial charge is 0.494 e. The van der Waals surface area contributed by atoms with Gasteiger partial charge in [0.15, 0.2) is 5.82 Å². The van der Waals surface area contributed by atoms with Crippen LogP contribution < -0.4 is 15.4 Å². The highest BCUT2D eigenvalue weighted by molar-refractivity contribution is 7.80. The van der Waals surface area contributed by atoms with Gasteiger partial charge >= 0.3 is 5.97 Å². The minimum Gasteiger partial charge on any atom is -0.494 e. The first-order valence-electron chi connectivity index (χ1n) is 12.8. The van der Waals surface area contributed by atoms with Crippen molar-refractivity contribution >= 4 is 36.1 Å². The average molecular weight is 533 g/mol.